The highest BCUT2D eigenvalue weighted by Gasteiger charge is 2.36. The van der Waals surface area contributed by atoms with Crippen molar-refractivity contribution in [3.63, 3.8) is 0 Å². The average Bonchev–Trinajstić information content (AvgIpc) is 3.35. The fourth-order valence-corrected chi connectivity index (χ4v) is 4.11. The van der Waals surface area contributed by atoms with Gasteiger partial charge in [0.25, 0.3) is 5.91 Å². The van der Waals surface area contributed by atoms with Gasteiger partial charge in [0.05, 0.1) is 6.54 Å². The molecule has 29 heavy (non-hydrogen) atoms. The van der Waals surface area contributed by atoms with Crippen LogP contribution in [0.1, 0.15) is 55.2 Å². The molecule has 0 bridgehead atoms. The van der Waals surface area contributed by atoms with Crippen molar-refractivity contribution in [2.24, 2.45) is 0 Å². The molecule has 0 spiro atoms. The van der Waals surface area contributed by atoms with E-state index in [9.17, 15) is 4.79 Å². The van der Waals surface area contributed by atoms with E-state index in [1.54, 1.807) is 11.2 Å². The Bertz CT molecular complexity index is 1130. The second-order valence-electron chi connectivity index (χ2n) is 8.58. The number of hydrogen-bond donors (Lipinski definition) is 0. The molecule has 7 nitrogen and oxygen atoms in total. The summed E-state index contributed by atoms with van der Waals surface area (Å²) in [6, 6.07) is 9.87. The van der Waals surface area contributed by atoms with Crippen LogP contribution >= 0.6 is 0 Å². The maximum atomic E-state index is 13.1. The molecule has 0 radical (unpaired) electrons. The second kappa shape index (κ2) is 6.14. The molecule has 0 saturated heterocycles. The molecule has 2 aromatic heterocycles. The molecule has 0 fully saturated rings. The number of amides is 1. The molecular weight excluding hydrogens is 366 g/mol. The number of carbonyl (C=O) groups excluding carboxylic acids is 1. The lowest BCUT2D eigenvalue weighted by molar-refractivity contribution is 0.0994. The summed E-state index contributed by atoms with van der Waals surface area (Å²) in [5.41, 5.74) is 3.36. The molecule has 148 valence electrons. The predicted molar refractivity (Wildman–Crippen MR) is 109 cm³/mol. The Morgan fingerprint density at radius 3 is 2.79 bits per heavy atom. The van der Waals surface area contributed by atoms with Crippen LogP contribution in [-0.4, -0.2) is 31.3 Å². The highest BCUT2D eigenvalue weighted by Crippen LogP contribution is 2.39. The number of fused-ring (bicyclic) bond motifs is 2. The van der Waals surface area contributed by atoms with Crippen molar-refractivity contribution in [3.05, 3.63) is 53.3 Å². The highest BCUT2D eigenvalue weighted by molar-refractivity contribution is 6.10. The number of hydrogen-bond acceptors (Lipinski definition) is 5. The van der Waals surface area contributed by atoms with E-state index < -0.39 is 0 Å². The fourth-order valence-electron chi connectivity index (χ4n) is 4.11. The van der Waals surface area contributed by atoms with Crippen LogP contribution in [0.4, 0.5) is 5.82 Å². The van der Waals surface area contributed by atoms with Crippen molar-refractivity contribution in [2.45, 2.75) is 52.3 Å². The van der Waals surface area contributed by atoms with Gasteiger partial charge in [0.15, 0.2) is 5.82 Å². The van der Waals surface area contributed by atoms with E-state index in [2.05, 4.69) is 44.0 Å². The Kier molecular flexibility index (Phi) is 3.78. The lowest BCUT2D eigenvalue weighted by Crippen LogP contribution is -2.25. The van der Waals surface area contributed by atoms with Gasteiger partial charge in [-0.3, -0.25) is 9.69 Å². The average molecular weight is 389 g/mol. The van der Waals surface area contributed by atoms with Gasteiger partial charge in [-0.15, -0.1) is 10.2 Å². The molecule has 2 aliphatic heterocycles. The number of ether oxygens (including phenoxy) is 1. The first-order valence-electron chi connectivity index (χ1n) is 9.86. The maximum Gasteiger partial charge on any atom is 0.260 e. The topological polar surface area (TPSA) is 73.1 Å². The molecule has 4 heterocycles. The van der Waals surface area contributed by atoms with Crippen LogP contribution in [0, 0.1) is 0 Å². The molecule has 1 aromatic carbocycles. The number of anilines is 1. The standard InChI is InChI=1S/C22H23N5O2/c1-13(2)27-12-23-25-20(27)17-6-5-7-19(24-17)26-11-15-8-14-10-22(3,4)29-18(14)9-16(15)21(26)28/h5-9,12-13H,10-11H2,1-4H3. The van der Waals surface area contributed by atoms with E-state index in [4.69, 9.17) is 9.72 Å². The first kappa shape index (κ1) is 17.8. The molecule has 0 atom stereocenters. The Morgan fingerprint density at radius 1 is 1.17 bits per heavy atom. The van der Waals surface area contributed by atoms with Crippen molar-refractivity contribution in [3.8, 4) is 17.3 Å². The minimum absolute atomic E-state index is 0.0499. The third kappa shape index (κ3) is 2.88. The van der Waals surface area contributed by atoms with E-state index in [1.165, 1.54) is 0 Å². The number of pyridine rings is 1. The van der Waals surface area contributed by atoms with Crippen LogP contribution in [0.15, 0.2) is 36.7 Å². The second-order valence-corrected chi connectivity index (χ2v) is 8.58. The SMILES string of the molecule is CC(C)n1cnnc1-c1cccc(N2Cc3cc4c(cc3C2=O)OC(C)(C)C4)n1. The van der Waals surface area contributed by atoms with Gasteiger partial charge in [0.1, 0.15) is 29.2 Å². The molecule has 5 rings (SSSR count). The zero-order valence-electron chi connectivity index (χ0n) is 17.0. The number of carbonyl (C=O) groups is 1. The summed E-state index contributed by atoms with van der Waals surface area (Å²) in [5.74, 6) is 2.07. The van der Waals surface area contributed by atoms with Crippen LogP contribution in [-0.2, 0) is 13.0 Å². The lowest BCUT2D eigenvalue weighted by Gasteiger charge is -2.17. The van der Waals surface area contributed by atoms with Gasteiger partial charge < -0.3 is 9.30 Å². The summed E-state index contributed by atoms with van der Waals surface area (Å²) < 4.78 is 7.98. The van der Waals surface area contributed by atoms with E-state index in [0.29, 0.717) is 29.4 Å². The maximum absolute atomic E-state index is 13.1. The summed E-state index contributed by atoms with van der Waals surface area (Å²) in [6.45, 7) is 8.78. The van der Waals surface area contributed by atoms with Gasteiger partial charge in [-0.25, -0.2) is 4.98 Å². The first-order valence-corrected chi connectivity index (χ1v) is 9.86. The summed E-state index contributed by atoms with van der Waals surface area (Å²) in [5, 5.41) is 8.24. The van der Waals surface area contributed by atoms with Crippen molar-refractivity contribution < 1.29 is 9.53 Å². The largest absolute Gasteiger partial charge is 0.487 e. The molecule has 3 aromatic rings. The predicted octanol–water partition coefficient (Wildman–Crippen LogP) is 3.79. The van der Waals surface area contributed by atoms with Gasteiger partial charge >= 0.3 is 0 Å². The number of nitrogens with zero attached hydrogens (tertiary/aromatic N) is 5. The van der Waals surface area contributed by atoms with Crippen LogP contribution in [0.25, 0.3) is 11.5 Å². The van der Waals surface area contributed by atoms with Gasteiger partial charge in [-0.05, 0) is 63.1 Å². The van der Waals surface area contributed by atoms with Crippen LogP contribution in [0.2, 0.25) is 0 Å². The van der Waals surface area contributed by atoms with Crippen LogP contribution in [0.5, 0.6) is 5.75 Å². The van der Waals surface area contributed by atoms with Crippen molar-refractivity contribution in [2.75, 3.05) is 4.90 Å². The third-order valence-electron chi connectivity index (χ3n) is 5.46. The van der Waals surface area contributed by atoms with Crippen LogP contribution < -0.4 is 9.64 Å². The number of aromatic nitrogens is 4. The normalized spacial score (nSPS) is 16.9. The molecule has 0 aliphatic carbocycles. The molecule has 0 saturated carbocycles. The Hall–Kier alpha value is -3.22. The molecule has 2 aliphatic rings. The number of benzene rings is 1. The summed E-state index contributed by atoms with van der Waals surface area (Å²) in [6.07, 6.45) is 2.55. The molecule has 1 amide bonds. The lowest BCUT2D eigenvalue weighted by atomic mass is 9.98. The monoisotopic (exact) mass is 389 g/mol. The third-order valence-corrected chi connectivity index (χ3v) is 5.46. The Labute approximate surface area is 169 Å². The van der Waals surface area contributed by atoms with Crippen molar-refractivity contribution >= 4 is 11.7 Å². The zero-order chi connectivity index (χ0) is 20.3. The minimum Gasteiger partial charge on any atom is -0.487 e. The van der Waals surface area contributed by atoms with E-state index in [-0.39, 0.29) is 17.6 Å². The summed E-state index contributed by atoms with van der Waals surface area (Å²) in [4.78, 5) is 19.6. The minimum atomic E-state index is -0.220. The summed E-state index contributed by atoms with van der Waals surface area (Å²) >= 11 is 0. The first-order chi connectivity index (χ1) is 13.8. The smallest absolute Gasteiger partial charge is 0.260 e. The van der Waals surface area contributed by atoms with Crippen molar-refractivity contribution in [1.82, 2.24) is 19.7 Å². The molecule has 7 heteroatoms. The Balaban J connectivity index is 1.48. The van der Waals surface area contributed by atoms with Gasteiger partial charge in [0.2, 0.25) is 0 Å². The van der Waals surface area contributed by atoms with E-state index >= 15 is 0 Å². The van der Waals surface area contributed by atoms with Crippen LogP contribution in [0.3, 0.4) is 0 Å². The zero-order valence-corrected chi connectivity index (χ0v) is 17.0. The highest BCUT2D eigenvalue weighted by atomic mass is 16.5. The molecule has 0 unspecified atom stereocenters. The van der Waals surface area contributed by atoms with E-state index in [0.717, 1.165) is 23.3 Å². The summed E-state index contributed by atoms with van der Waals surface area (Å²) in [7, 11) is 0. The fraction of sp³-hybridized carbons (Fsp3) is 0.364. The van der Waals surface area contributed by atoms with Gasteiger partial charge in [-0.1, -0.05) is 6.07 Å². The quantitative estimate of drug-likeness (QED) is 0.681. The van der Waals surface area contributed by atoms with Gasteiger partial charge in [-0.2, -0.15) is 0 Å². The Morgan fingerprint density at radius 2 is 2.00 bits per heavy atom. The van der Waals surface area contributed by atoms with E-state index in [1.807, 2.05) is 28.8 Å². The number of rotatable bonds is 3. The molecular formula is C22H23N5O2. The van der Waals surface area contributed by atoms with Gasteiger partial charge in [0, 0.05) is 18.0 Å². The van der Waals surface area contributed by atoms with Crippen molar-refractivity contribution in [1.29, 1.82) is 0 Å². The molecule has 0 N–H and O–H groups in total.